The van der Waals surface area contributed by atoms with Crippen molar-refractivity contribution in [3.63, 3.8) is 0 Å². The lowest BCUT2D eigenvalue weighted by molar-refractivity contribution is 0.142. The average Bonchev–Trinajstić information content (AvgIpc) is 2.60. The van der Waals surface area contributed by atoms with Gasteiger partial charge in [-0.3, -0.25) is 0 Å². The van der Waals surface area contributed by atoms with Gasteiger partial charge in [-0.25, -0.2) is 14.2 Å². The van der Waals surface area contributed by atoms with E-state index in [2.05, 4.69) is 15.3 Å². The molecule has 2 aromatic rings. The molecule has 0 radical (unpaired) electrons. The van der Waals surface area contributed by atoms with Crippen LogP contribution in [0.5, 0.6) is 0 Å². The van der Waals surface area contributed by atoms with Crippen molar-refractivity contribution in [3.8, 4) is 0 Å². The highest BCUT2D eigenvalue weighted by atomic mass is 35.5. The van der Waals surface area contributed by atoms with Gasteiger partial charge in [-0.05, 0) is 29.8 Å². The molecular weight excluding hydrogens is 372 g/mol. The molecule has 2 N–H and O–H groups in total. The molecule has 0 saturated carbocycles. The maximum atomic E-state index is 14.4. The lowest BCUT2D eigenvalue weighted by atomic mass is 10.2. The number of benzene rings is 1. The first-order valence-electron chi connectivity index (χ1n) is 7.41. The van der Waals surface area contributed by atoms with Crippen LogP contribution in [0.2, 0.25) is 10.3 Å². The topological polar surface area (TPSA) is 81.6 Å². The van der Waals surface area contributed by atoms with Gasteiger partial charge >= 0.3 is 6.09 Å². The Kier molecular flexibility index (Phi) is 5.10. The summed E-state index contributed by atoms with van der Waals surface area (Å²) in [5.74, 6) is -0.271. The largest absolute Gasteiger partial charge is 0.465 e. The molecule has 0 spiro atoms. The third-order valence-electron chi connectivity index (χ3n) is 3.84. The summed E-state index contributed by atoms with van der Waals surface area (Å²) in [6.07, 6.45) is 0.388. The molecule has 0 bridgehead atoms. The van der Waals surface area contributed by atoms with Gasteiger partial charge in [0, 0.05) is 31.9 Å². The van der Waals surface area contributed by atoms with Crippen LogP contribution in [0.3, 0.4) is 0 Å². The Morgan fingerprint density at radius 2 is 1.96 bits per heavy atom. The third-order valence-corrected chi connectivity index (χ3v) is 4.29. The lowest BCUT2D eigenvalue weighted by Crippen LogP contribution is -2.48. The molecule has 1 amide bonds. The van der Waals surface area contributed by atoms with E-state index in [0.29, 0.717) is 31.9 Å². The maximum Gasteiger partial charge on any atom is 0.407 e. The minimum Gasteiger partial charge on any atom is -0.465 e. The van der Waals surface area contributed by atoms with Gasteiger partial charge in [0.05, 0.1) is 11.9 Å². The van der Waals surface area contributed by atoms with Crippen molar-refractivity contribution in [2.24, 2.45) is 0 Å². The molecule has 1 fully saturated rings. The summed E-state index contributed by atoms with van der Waals surface area (Å²) in [5, 5.41) is 12.0. The van der Waals surface area contributed by atoms with Gasteiger partial charge in [-0.15, -0.1) is 0 Å². The number of hydrogen-bond donors (Lipinski definition) is 2. The van der Waals surface area contributed by atoms with Crippen molar-refractivity contribution in [2.75, 3.05) is 36.4 Å². The van der Waals surface area contributed by atoms with Gasteiger partial charge in [0.2, 0.25) is 5.28 Å². The smallest absolute Gasteiger partial charge is 0.407 e. The predicted molar refractivity (Wildman–Crippen MR) is 93.5 cm³/mol. The SMILES string of the molecule is O=C(O)N1CCN(c2ccc(Nc3nc(Cl)ncc3Cl)c(F)c2)CC1. The van der Waals surface area contributed by atoms with Crippen molar-refractivity contribution in [2.45, 2.75) is 0 Å². The first kappa shape index (κ1) is 17.5. The number of amides is 1. The van der Waals surface area contributed by atoms with E-state index in [4.69, 9.17) is 28.3 Å². The molecule has 2 heterocycles. The zero-order valence-electron chi connectivity index (χ0n) is 12.9. The predicted octanol–water partition coefficient (Wildman–Crippen LogP) is 3.47. The van der Waals surface area contributed by atoms with Crippen LogP contribution in [0.1, 0.15) is 0 Å². The molecule has 0 unspecified atom stereocenters. The van der Waals surface area contributed by atoms with Gasteiger partial charge in [0.1, 0.15) is 10.8 Å². The number of hydrogen-bond acceptors (Lipinski definition) is 5. The summed E-state index contributed by atoms with van der Waals surface area (Å²) < 4.78 is 14.4. The standard InChI is InChI=1S/C15H14Cl2FN5O2/c16-10-8-19-14(17)21-13(10)20-12-2-1-9(7-11(12)18)22-3-5-23(6-4-22)15(24)25/h1-2,7-8H,3-6H2,(H,24,25)(H,19,20,21). The van der Waals surface area contributed by atoms with Crippen molar-refractivity contribution in [1.82, 2.24) is 14.9 Å². The molecule has 7 nitrogen and oxygen atoms in total. The molecular formula is C15H14Cl2FN5O2. The van der Waals surface area contributed by atoms with Crippen molar-refractivity contribution in [1.29, 1.82) is 0 Å². The van der Waals surface area contributed by atoms with Crippen molar-refractivity contribution < 1.29 is 14.3 Å². The maximum absolute atomic E-state index is 14.4. The van der Waals surface area contributed by atoms with Crippen LogP contribution >= 0.6 is 23.2 Å². The van der Waals surface area contributed by atoms with E-state index in [0.717, 1.165) is 0 Å². The number of aromatic nitrogens is 2. The Balaban J connectivity index is 1.73. The first-order chi connectivity index (χ1) is 11.9. The van der Waals surface area contributed by atoms with Gasteiger partial charge < -0.3 is 20.2 Å². The van der Waals surface area contributed by atoms with Gasteiger partial charge in [-0.2, -0.15) is 4.98 Å². The number of piperazine rings is 1. The molecule has 132 valence electrons. The van der Waals surface area contributed by atoms with E-state index < -0.39 is 11.9 Å². The molecule has 1 aromatic carbocycles. The van der Waals surface area contributed by atoms with Crippen LogP contribution in [-0.2, 0) is 0 Å². The monoisotopic (exact) mass is 385 g/mol. The van der Waals surface area contributed by atoms with E-state index in [1.807, 2.05) is 4.90 Å². The first-order valence-corrected chi connectivity index (χ1v) is 8.17. The van der Waals surface area contributed by atoms with Crippen LogP contribution in [0.15, 0.2) is 24.4 Å². The molecule has 10 heteroatoms. The van der Waals surface area contributed by atoms with Gasteiger partial charge in [0.15, 0.2) is 5.82 Å². The van der Waals surface area contributed by atoms with Crippen LogP contribution in [-0.4, -0.2) is 52.2 Å². The Bertz CT molecular complexity index is 799. The fourth-order valence-electron chi connectivity index (χ4n) is 2.52. The molecule has 1 aromatic heterocycles. The van der Waals surface area contributed by atoms with Crippen LogP contribution < -0.4 is 10.2 Å². The zero-order chi connectivity index (χ0) is 18.0. The summed E-state index contributed by atoms with van der Waals surface area (Å²) in [6, 6.07) is 4.70. The van der Waals surface area contributed by atoms with Crippen LogP contribution in [0.4, 0.5) is 26.4 Å². The summed E-state index contributed by atoms with van der Waals surface area (Å²) in [7, 11) is 0. The second-order valence-electron chi connectivity index (χ2n) is 5.38. The Morgan fingerprint density at radius 3 is 2.60 bits per heavy atom. The molecule has 25 heavy (non-hydrogen) atoms. The fourth-order valence-corrected chi connectivity index (χ4v) is 2.79. The number of anilines is 3. The highest BCUT2D eigenvalue weighted by Crippen LogP contribution is 2.28. The molecule has 0 atom stereocenters. The number of rotatable bonds is 3. The van der Waals surface area contributed by atoms with E-state index in [1.165, 1.54) is 17.2 Å². The molecule has 1 saturated heterocycles. The number of nitrogens with one attached hydrogen (secondary N) is 1. The Hall–Kier alpha value is -2.32. The van der Waals surface area contributed by atoms with E-state index in [9.17, 15) is 9.18 Å². The normalized spacial score (nSPS) is 14.5. The van der Waals surface area contributed by atoms with Gasteiger partial charge in [0.25, 0.3) is 0 Å². The Labute approximate surface area is 153 Å². The van der Waals surface area contributed by atoms with Gasteiger partial charge in [-0.1, -0.05) is 11.6 Å². The lowest BCUT2D eigenvalue weighted by Gasteiger charge is -2.34. The van der Waals surface area contributed by atoms with E-state index >= 15 is 0 Å². The molecule has 1 aliphatic rings. The summed E-state index contributed by atoms with van der Waals surface area (Å²) in [4.78, 5) is 21.9. The third kappa shape index (κ3) is 4.02. The number of nitrogens with zero attached hydrogens (tertiary/aromatic N) is 4. The zero-order valence-corrected chi connectivity index (χ0v) is 14.4. The second kappa shape index (κ2) is 7.28. The molecule has 1 aliphatic heterocycles. The number of carboxylic acid groups (broad SMARTS) is 1. The average molecular weight is 386 g/mol. The van der Waals surface area contributed by atoms with E-state index in [1.54, 1.807) is 12.1 Å². The summed E-state index contributed by atoms with van der Waals surface area (Å²) in [6.45, 7) is 1.77. The molecule has 0 aliphatic carbocycles. The minimum absolute atomic E-state index is 0.000213. The molecule has 3 rings (SSSR count). The van der Waals surface area contributed by atoms with Crippen LogP contribution in [0, 0.1) is 5.82 Å². The highest BCUT2D eigenvalue weighted by Gasteiger charge is 2.21. The Morgan fingerprint density at radius 1 is 1.24 bits per heavy atom. The minimum atomic E-state index is -0.939. The number of carbonyl (C=O) groups is 1. The van der Waals surface area contributed by atoms with Crippen LogP contribution in [0.25, 0.3) is 0 Å². The number of halogens is 3. The summed E-state index contributed by atoms with van der Waals surface area (Å²) >= 11 is 11.7. The van der Waals surface area contributed by atoms with E-state index in [-0.39, 0.29) is 21.8 Å². The van der Waals surface area contributed by atoms with Crippen molar-refractivity contribution in [3.05, 3.63) is 40.5 Å². The second-order valence-corrected chi connectivity index (χ2v) is 6.13. The summed E-state index contributed by atoms with van der Waals surface area (Å²) in [5.41, 5.74) is 0.879. The quantitative estimate of drug-likeness (QED) is 0.787. The fraction of sp³-hybridized carbons (Fsp3) is 0.267. The highest BCUT2D eigenvalue weighted by molar-refractivity contribution is 6.33. The van der Waals surface area contributed by atoms with Crippen molar-refractivity contribution >= 4 is 46.5 Å².